The predicted octanol–water partition coefficient (Wildman–Crippen LogP) is 3.33. The van der Waals surface area contributed by atoms with Crippen molar-refractivity contribution in [1.29, 1.82) is 0 Å². The molecule has 0 aliphatic rings. The molecule has 0 fully saturated rings. The van der Waals surface area contributed by atoms with Crippen LogP contribution in [0.3, 0.4) is 0 Å². The molecule has 2 heterocycles. The van der Waals surface area contributed by atoms with Crippen LogP contribution in [0.4, 0.5) is 4.39 Å². The van der Waals surface area contributed by atoms with Gasteiger partial charge in [-0.25, -0.2) is 9.37 Å². The third-order valence-corrected chi connectivity index (χ3v) is 4.26. The number of nitrogens with zero attached hydrogens (tertiary/aromatic N) is 2. The molecule has 0 saturated heterocycles. The smallest absolute Gasteiger partial charge is 0.150 e. The number of aliphatic hydroxyl groups is 1. The van der Waals surface area contributed by atoms with Gasteiger partial charge >= 0.3 is 0 Å². The summed E-state index contributed by atoms with van der Waals surface area (Å²) in [6.07, 6.45) is 2.85. The summed E-state index contributed by atoms with van der Waals surface area (Å²) in [5, 5.41) is 12.1. The molecule has 3 rings (SSSR count). The summed E-state index contributed by atoms with van der Waals surface area (Å²) >= 11 is 1.60. The van der Waals surface area contributed by atoms with Crippen LogP contribution in [0.1, 0.15) is 5.56 Å². The fraction of sp³-hybridized carbons (Fsp3) is 0.235. The van der Waals surface area contributed by atoms with E-state index in [1.165, 1.54) is 6.07 Å². The lowest BCUT2D eigenvalue weighted by molar-refractivity contribution is 0.0197. The van der Waals surface area contributed by atoms with Crippen LogP contribution in [0.5, 0.6) is 0 Å². The van der Waals surface area contributed by atoms with Gasteiger partial charge < -0.3 is 14.4 Å². The standard InChI is InChI=1S/C17H17FN2O2S/c18-15-5-2-1-4-13(15)11-22-12-14(21)10-20-8-7-19-17(20)16-6-3-9-23-16/h1-9,14,21H,10-12H2/t14-/m0/s1. The number of benzene rings is 1. The van der Waals surface area contributed by atoms with Crippen molar-refractivity contribution in [1.82, 2.24) is 9.55 Å². The van der Waals surface area contributed by atoms with Gasteiger partial charge in [-0.05, 0) is 17.5 Å². The molecule has 0 amide bonds. The Kier molecular flexibility index (Phi) is 5.17. The van der Waals surface area contributed by atoms with E-state index in [0.717, 1.165) is 10.7 Å². The van der Waals surface area contributed by atoms with Gasteiger partial charge in [-0.1, -0.05) is 24.3 Å². The number of ether oxygens (including phenoxy) is 1. The monoisotopic (exact) mass is 332 g/mol. The molecule has 0 radical (unpaired) electrons. The van der Waals surface area contributed by atoms with Crippen molar-refractivity contribution in [2.24, 2.45) is 0 Å². The fourth-order valence-corrected chi connectivity index (χ4v) is 3.02. The minimum Gasteiger partial charge on any atom is -0.389 e. The number of aliphatic hydroxyl groups excluding tert-OH is 1. The van der Waals surface area contributed by atoms with Gasteiger partial charge in [-0.3, -0.25) is 0 Å². The minimum absolute atomic E-state index is 0.135. The van der Waals surface area contributed by atoms with Crippen LogP contribution in [-0.4, -0.2) is 27.4 Å². The van der Waals surface area contributed by atoms with E-state index in [9.17, 15) is 9.50 Å². The van der Waals surface area contributed by atoms with Crippen molar-refractivity contribution >= 4 is 11.3 Å². The zero-order valence-electron chi connectivity index (χ0n) is 12.4. The molecule has 0 aliphatic heterocycles. The Morgan fingerprint density at radius 3 is 2.91 bits per heavy atom. The maximum atomic E-state index is 13.5. The lowest BCUT2D eigenvalue weighted by Crippen LogP contribution is -2.22. The number of halogens is 1. The predicted molar refractivity (Wildman–Crippen MR) is 87.6 cm³/mol. The first-order chi connectivity index (χ1) is 11.2. The summed E-state index contributed by atoms with van der Waals surface area (Å²) in [5.41, 5.74) is 0.488. The maximum Gasteiger partial charge on any atom is 0.150 e. The molecular formula is C17H17FN2O2S. The van der Waals surface area contributed by atoms with E-state index in [-0.39, 0.29) is 19.0 Å². The summed E-state index contributed by atoms with van der Waals surface area (Å²) in [4.78, 5) is 5.37. The maximum absolute atomic E-state index is 13.5. The largest absolute Gasteiger partial charge is 0.389 e. The van der Waals surface area contributed by atoms with Crippen molar-refractivity contribution in [3.05, 3.63) is 65.6 Å². The first-order valence-electron chi connectivity index (χ1n) is 7.28. The topological polar surface area (TPSA) is 47.3 Å². The number of aromatic nitrogens is 2. The van der Waals surface area contributed by atoms with Crippen LogP contribution >= 0.6 is 11.3 Å². The highest BCUT2D eigenvalue weighted by Gasteiger charge is 2.12. The molecule has 6 heteroatoms. The van der Waals surface area contributed by atoms with E-state index >= 15 is 0 Å². The van der Waals surface area contributed by atoms with E-state index in [4.69, 9.17) is 4.74 Å². The van der Waals surface area contributed by atoms with Crippen molar-refractivity contribution in [3.63, 3.8) is 0 Å². The molecule has 1 N–H and O–H groups in total. The Morgan fingerprint density at radius 2 is 2.13 bits per heavy atom. The summed E-state index contributed by atoms with van der Waals surface area (Å²) in [6, 6.07) is 10.4. The van der Waals surface area contributed by atoms with Gasteiger partial charge in [0.2, 0.25) is 0 Å². The fourth-order valence-electron chi connectivity index (χ4n) is 2.29. The van der Waals surface area contributed by atoms with E-state index in [1.54, 1.807) is 35.7 Å². The second-order valence-electron chi connectivity index (χ2n) is 5.14. The van der Waals surface area contributed by atoms with E-state index < -0.39 is 6.10 Å². The van der Waals surface area contributed by atoms with Crippen LogP contribution < -0.4 is 0 Å². The third kappa shape index (κ3) is 4.04. The second-order valence-corrected chi connectivity index (χ2v) is 6.09. The van der Waals surface area contributed by atoms with E-state index in [2.05, 4.69) is 4.98 Å². The Morgan fingerprint density at radius 1 is 1.26 bits per heavy atom. The molecule has 120 valence electrons. The van der Waals surface area contributed by atoms with Crippen LogP contribution in [0.2, 0.25) is 0 Å². The van der Waals surface area contributed by atoms with Gasteiger partial charge in [0, 0.05) is 18.0 Å². The molecule has 0 aliphatic carbocycles. The molecule has 1 atom stereocenters. The van der Waals surface area contributed by atoms with Crippen LogP contribution in [0.25, 0.3) is 10.7 Å². The first-order valence-corrected chi connectivity index (χ1v) is 8.16. The highest BCUT2D eigenvalue weighted by atomic mass is 32.1. The summed E-state index contributed by atoms with van der Waals surface area (Å²) < 4.78 is 20.8. The molecule has 2 aromatic heterocycles. The lowest BCUT2D eigenvalue weighted by Gasteiger charge is -2.14. The van der Waals surface area contributed by atoms with Gasteiger partial charge in [0.1, 0.15) is 11.6 Å². The minimum atomic E-state index is -0.685. The van der Waals surface area contributed by atoms with Gasteiger partial charge in [0.25, 0.3) is 0 Å². The van der Waals surface area contributed by atoms with Gasteiger partial charge in [0.05, 0.1) is 30.7 Å². The molecule has 23 heavy (non-hydrogen) atoms. The quantitative estimate of drug-likeness (QED) is 0.722. The normalized spacial score (nSPS) is 12.4. The van der Waals surface area contributed by atoms with E-state index in [1.807, 2.05) is 28.3 Å². The average molecular weight is 332 g/mol. The van der Waals surface area contributed by atoms with Gasteiger partial charge in [-0.2, -0.15) is 0 Å². The zero-order valence-corrected chi connectivity index (χ0v) is 13.2. The average Bonchev–Trinajstić information content (AvgIpc) is 3.20. The Balaban J connectivity index is 1.53. The summed E-state index contributed by atoms with van der Waals surface area (Å²) in [5.74, 6) is 0.532. The van der Waals surface area contributed by atoms with Crippen molar-refractivity contribution < 1.29 is 14.2 Å². The molecule has 0 spiro atoms. The van der Waals surface area contributed by atoms with Crippen molar-refractivity contribution in [2.45, 2.75) is 19.3 Å². The Hall–Kier alpha value is -2.02. The molecule has 0 unspecified atom stereocenters. The van der Waals surface area contributed by atoms with Crippen LogP contribution in [-0.2, 0) is 17.9 Å². The Labute approximate surface area is 137 Å². The number of hydrogen-bond donors (Lipinski definition) is 1. The number of hydrogen-bond acceptors (Lipinski definition) is 4. The number of rotatable bonds is 7. The molecule has 4 nitrogen and oxygen atoms in total. The first kappa shape index (κ1) is 15.9. The highest BCUT2D eigenvalue weighted by Crippen LogP contribution is 2.23. The molecule has 1 aromatic carbocycles. The summed E-state index contributed by atoms with van der Waals surface area (Å²) in [6.45, 7) is 0.659. The van der Waals surface area contributed by atoms with Crippen LogP contribution in [0.15, 0.2) is 54.2 Å². The van der Waals surface area contributed by atoms with Crippen molar-refractivity contribution in [3.8, 4) is 10.7 Å². The number of imidazole rings is 1. The van der Waals surface area contributed by atoms with Crippen molar-refractivity contribution in [2.75, 3.05) is 6.61 Å². The molecule has 3 aromatic rings. The third-order valence-electron chi connectivity index (χ3n) is 3.39. The molecule has 0 bridgehead atoms. The highest BCUT2D eigenvalue weighted by molar-refractivity contribution is 7.13. The second kappa shape index (κ2) is 7.50. The summed E-state index contributed by atoms with van der Waals surface area (Å²) in [7, 11) is 0. The SMILES string of the molecule is O[C@H](COCc1ccccc1F)Cn1ccnc1-c1cccs1. The Bertz CT molecular complexity index is 743. The van der Waals surface area contributed by atoms with Crippen LogP contribution in [0, 0.1) is 5.82 Å². The zero-order chi connectivity index (χ0) is 16.1. The number of thiophene rings is 1. The lowest BCUT2D eigenvalue weighted by atomic mass is 10.2. The molecular weight excluding hydrogens is 315 g/mol. The van der Waals surface area contributed by atoms with Gasteiger partial charge in [-0.15, -0.1) is 11.3 Å². The van der Waals surface area contributed by atoms with E-state index in [0.29, 0.717) is 12.1 Å². The molecule has 0 saturated carbocycles. The van der Waals surface area contributed by atoms with Gasteiger partial charge in [0.15, 0.2) is 0 Å².